The lowest BCUT2D eigenvalue weighted by Gasteiger charge is -2.29. The molecule has 1 N–H and O–H groups in total. The first-order valence-corrected chi connectivity index (χ1v) is 11.0. The molecule has 4 nitrogen and oxygen atoms in total. The lowest BCUT2D eigenvalue weighted by Crippen LogP contribution is -2.30. The average molecular weight is 465 g/mol. The molecule has 7 heteroatoms. The third kappa shape index (κ3) is 3.69. The van der Waals surface area contributed by atoms with E-state index in [-0.39, 0.29) is 12.1 Å². The van der Waals surface area contributed by atoms with Gasteiger partial charge in [0, 0.05) is 28.8 Å². The molecule has 2 atom stereocenters. The normalized spacial score (nSPS) is 18.3. The zero-order chi connectivity index (χ0) is 21.4. The molecule has 4 aromatic rings. The third-order valence-electron chi connectivity index (χ3n) is 5.39. The maximum atomic E-state index is 6.56. The van der Waals surface area contributed by atoms with E-state index >= 15 is 0 Å². The summed E-state index contributed by atoms with van der Waals surface area (Å²) in [4.78, 5) is 6.76. The van der Waals surface area contributed by atoms with Gasteiger partial charge >= 0.3 is 0 Å². The van der Waals surface area contributed by atoms with Gasteiger partial charge in [-0.25, -0.2) is 0 Å². The van der Waals surface area contributed by atoms with Crippen LogP contribution in [-0.4, -0.2) is 14.7 Å². The summed E-state index contributed by atoms with van der Waals surface area (Å²) in [6.07, 6.45) is 3.81. The van der Waals surface area contributed by atoms with Crippen LogP contribution in [0.15, 0.2) is 91.3 Å². The van der Waals surface area contributed by atoms with E-state index in [1.165, 1.54) is 0 Å². The van der Waals surface area contributed by atoms with E-state index in [1.54, 1.807) is 12.3 Å². The lowest BCUT2D eigenvalue weighted by molar-refractivity contribution is 0.549. The van der Waals surface area contributed by atoms with Gasteiger partial charge in [-0.2, -0.15) is 0 Å². The second-order valence-corrected chi connectivity index (χ2v) is 8.46. The molecule has 5 rings (SSSR count). The molecule has 0 saturated carbocycles. The van der Waals surface area contributed by atoms with Crippen molar-refractivity contribution in [1.29, 1.82) is 0 Å². The first kappa shape index (κ1) is 20.1. The van der Waals surface area contributed by atoms with Crippen LogP contribution in [-0.2, 0) is 0 Å². The van der Waals surface area contributed by atoms with Crippen LogP contribution in [0.2, 0.25) is 10.0 Å². The van der Waals surface area contributed by atoms with Crippen molar-refractivity contribution in [1.82, 2.24) is 14.9 Å². The summed E-state index contributed by atoms with van der Waals surface area (Å²) in [5.41, 5.74) is 3.83. The molecule has 0 spiro atoms. The van der Waals surface area contributed by atoms with Crippen molar-refractivity contribution in [3.8, 4) is 5.69 Å². The minimum atomic E-state index is -0.133. The SMILES string of the molecule is S=C1N[C@@H](c2ccccn2)[C@@H](c2cccn2-c2ccc(Cl)cc2Cl)N1c1ccccc1. The topological polar surface area (TPSA) is 33.1 Å². The number of rotatable bonds is 4. The van der Waals surface area contributed by atoms with Gasteiger partial charge in [0.1, 0.15) is 6.04 Å². The van der Waals surface area contributed by atoms with Gasteiger partial charge < -0.3 is 14.8 Å². The van der Waals surface area contributed by atoms with Crippen molar-refractivity contribution in [2.45, 2.75) is 12.1 Å². The first-order chi connectivity index (χ1) is 15.1. The molecule has 0 unspecified atom stereocenters. The van der Waals surface area contributed by atoms with Gasteiger partial charge in [0.25, 0.3) is 0 Å². The van der Waals surface area contributed by atoms with E-state index in [2.05, 4.69) is 38.0 Å². The molecular weight excluding hydrogens is 447 g/mol. The number of aromatic nitrogens is 2. The number of thiocarbonyl (C=S) groups is 1. The van der Waals surface area contributed by atoms with Crippen LogP contribution in [0.1, 0.15) is 23.5 Å². The highest BCUT2D eigenvalue weighted by atomic mass is 35.5. The van der Waals surface area contributed by atoms with Crippen molar-refractivity contribution < 1.29 is 0 Å². The Hall–Kier alpha value is -2.86. The van der Waals surface area contributed by atoms with Crippen LogP contribution in [0.4, 0.5) is 5.69 Å². The molecule has 1 fully saturated rings. The Morgan fingerprint density at radius 3 is 2.45 bits per heavy atom. The molecule has 1 saturated heterocycles. The zero-order valence-corrected chi connectivity index (χ0v) is 18.6. The highest BCUT2D eigenvalue weighted by molar-refractivity contribution is 7.80. The maximum absolute atomic E-state index is 6.56. The molecule has 31 heavy (non-hydrogen) atoms. The third-order valence-corrected chi connectivity index (χ3v) is 6.24. The number of benzene rings is 2. The fourth-order valence-corrected chi connectivity index (χ4v) is 4.90. The summed E-state index contributed by atoms with van der Waals surface area (Å²) in [5.74, 6) is 0. The Balaban J connectivity index is 1.68. The van der Waals surface area contributed by atoms with Gasteiger partial charge in [0.05, 0.1) is 22.4 Å². The molecular formula is C24H18Cl2N4S. The van der Waals surface area contributed by atoms with E-state index in [9.17, 15) is 0 Å². The van der Waals surface area contributed by atoms with Crippen molar-refractivity contribution in [3.63, 3.8) is 0 Å². The minimum Gasteiger partial charge on any atom is -0.351 e. The number of anilines is 1. The summed E-state index contributed by atoms with van der Waals surface area (Å²) in [6, 6.07) is 25.4. The molecule has 3 heterocycles. The van der Waals surface area contributed by atoms with Crippen molar-refractivity contribution in [2.24, 2.45) is 0 Å². The molecule has 0 amide bonds. The lowest BCUT2D eigenvalue weighted by atomic mass is 10.0. The van der Waals surface area contributed by atoms with Crippen LogP contribution in [0.25, 0.3) is 5.69 Å². The van der Waals surface area contributed by atoms with Crippen LogP contribution in [0, 0.1) is 0 Å². The van der Waals surface area contributed by atoms with Gasteiger partial charge in [-0.05, 0) is 66.8 Å². The molecule has 2 aromatic heterocycles. The highest BCUT2D eigenvalue weighted by Gasteiger charge is 2.42. The molecule has 0 aliphatic carbocycles. The second kappa shape index (κ2) is 8.35. The van der Waals surface area contributed by atoms with Crippen molar-refractivity contribution >= 4 is 46.2 Å². The number of hydrogen-bond acceptors (Lipinski definition) is 2. The van der Waals surface area contributed by atoms with Gasteiger partial charge in [-0.1, -0.05) is 47.5 Å². The predicted octanol–water partition coefficient (Wildman–Crippen LogP) is 6.36. The Labute approximate surface area is 196 Å². The van der Waals surface area contributed by atoms with E-state index in [4.69, 9.17) is 35.4 Å². The van der Waals surface area contributed by atoms with E-state index < -0.39 is 0 Å². The summed E-state index contributed by atoms with van der Waals surface area (Å²) >= 11 is 18.5. The Morgan fingerprint density at radius 1 is 0.903 bits per heavy atom. The summed E-state index contributed by atoms with van der Waals surface area (Å²) in [6.45, 7) is 0. The smallest absolute Gasteiger partial charge is 0.174 e. The Bertz CT molecular complexity index is 1230. The van der Waals surface area contributed by atoms with E-state index in [1.807, 2.05) is 60.8 Å². The molecule has 2 aromatic carbocycles. The van der Waals surface area contributed by atoms with Crippen molar-refractivity contribution in [3.05, 3.63) is 113 Å². The summed E-state index contributed by atoms with van der Waals surface area (Å²) < 4.78 is 2.09. The van der Waals surface area contributed by atoms with Crippen LogP contribution >= 0.6 is 35.4 Å². The van der Waals surface area contributed by atoms with Crippen LogP contribution < -0.4 is 10.2 Å². The number of pyridine rings is 1. The fraction of sp³-hybridized carbons (Fsp3) is 0.0833. The largest absolute Gasteiger partial charge is 0.351 e. The Kier molecular flexibility index (Phi) is 5.40. The monoisotopic (exact) mass is 464 g/mol. The Morgan fingerprint density at radius 2 is 1.71 bits per heavy atom. The average Bonchev–Trinajstić information content (AvgIpc) is 3.39. The quantitative estimate of drug-likeness (QED) is 0.356. The number of halogens is 2. The zero-order valence-electron chi connectivity index (χ0n) is 16.3. The first-order valence-electron chi connectivity index (χ1n) is 9.82. The summed E-state index contributed by atoms with van der Waals surface area (Å²) in [7, 11) is 0. The fourth-order valence-electron chi connectivity index (χ4n) is 4.05. The molecule has 154 valence electrons. The van der Waals surface area contributed by atoms with E-state index in [0.717, 1.165) is 22.8 Å². The molecule has 0 bridgehead atoms. The molecule has 1 aliphatic rings. The number of para-hydroxylation sites is 1. The number of nitrogens with one attached hydrogen (secondary N) is 1. The van der Waals surface area contributed by atoms with Gasteiger partial charge in [0.15, 0.2) is 5.11 Å². The number of nitrogens with zero attached hydrogens (tertiary/aromatic N) is 3. The standard InChI is InChI=1S/C24H18Cl2N4S/c25-16-11-12-20(18(26)15-16)29-14-6-10-21(29)23-22(19-9-4-5-13-27-19)28-24(31)30(23)17-7-2-1-3-8-17/h1-15,22-23H,(H,28,31)/t22-,23+/m0/s1. The maximum Gasteiger partial charge on any atom is 0.174 e. The predicted molar refractivity (Wildman–Crippen MR) is 130 cm³/mol. The van der Waals surface area contributed by atoms with Gasteiger partial charge in [-0.3, -0.25) is 4.98 Å². The van der Waals surface area contributed by atoms with Gasteiger partial charge in [0.2, 0.25) is 0 Å². The van der Waals surface area contributed by atoms with E-state index in [0.29, 0.717) is 15.2 Å². The summed E-state index contributed by atoms with van der Waals surface area (Å²) in [5, 5.41) is 5.32. The van der Waals surface area contributed by atoms with Gasteiger partial charge in [-0.15, -0.1) is 0 Å². The number of hydrogen-bond donors (Lipinski definition) is 1. The van der Waals surface area contributed by atoms with Crippen LogP contribution in [0.3, 0.4) is 0 Å². The van der Waals surface area contributed by atoms with Crippen LogP contribution in [0.5, 0.6) is 0 Å². The molecule has 1 aliphatic heterocycles. The second-order valence-electron chi connectivity index (χ2n) is 7.23. The van der Waals surface area contributed by atoms with Crippen molar-refractivity contribution in [2.75, 3.05) is 4.90 Å². The minimum absolute atomic E-state index is 0.131. The highest BCUT2D eigenvalue weighted by Crippen LogP contribution is 2.42. The molecule has 0 radical (unpaired) electrons.